The first-order chi connectivity index (χ1) is 8.60. The van der Waals surface area contributed by atoms with E-state index >= 15 is 0 Å². The van der Waals surface area contributed by atoms with Gasteiger partial charge in [-0.3, -0.25) is 14.9 Å². The molecule has 0 spiro atoms. The molecule has 0 saturated heterocycles. The number of carbonyl (C=O) groups excluding carboxylic acids is 3. The number of nitrogens with one attached hydrogen (secondary N) is 2. The van der Waals surface area contributed by atoms with Crippen LogP contribution in [0, 0.1) is 0 Å². The maximum Gasteiger partial charge on any atom is 0.413 e. The van der Waals surface area contributed by atoms with Gasteiger partial charge in [-0.1, -0.05) is 0 Å². The molecule has 0 unspecified atom stereocenters. The van der Waals surface area contributed by atoms with E-state index in [1.54, 1.807) is 13.8 Å². The average molecular weight is 260 g/mol. The minimum atomic E-state index is -0.754. The van der Waals surface area contributed by atoms with Gasteiger partial charge in [0.2, 0.25) is 5.91 Å². The molecule has 7 nitrogen and oxygen atoms in total. The first-order valence-corrected chi connectivity index (χ1v) is 5.93. The molecule has 0 aliphatic rings. The minimum Gasteiger partial charge on any atom is -0.466 e. The van der Waals surface area contributed by atoms with Crippen molar-refractivity contribution >= 4 is 18.0 Å². The number of carbonyl (C=O) groups is 3. The lowest BCUT2D eigenvalue weighted by Gasteiger charge is -2.05. The number of amides is 2. The van der Waals surface area contributed by atoms with Gasteiger partial charge in [-0.2, -0.15) is 0 Å². The second kappa shape index (κ2) is 10.5. The molecule has 0 aromatic rings. The van der Waals surface area contributed by atoms with Crippen LogP contribution in [0.3, 0.4) is 0 Å². The summed E-state index contributed by atoms with van der Waals surface area (Å²) in [6.45, 7) is 4.48. The van der Waals surface area contributed by atoms with Gasteiger partial charge in [-0.05, 0) is 26.8 Å². The Morgan fingerprint density at radius 2 is 1.72 bits per heavy atom. The lowest BCUT2D eigenvalue weighted by molar-refractivity contribution is -0.143. The van der Waals surface area contributed by atoms with Gasteiger partial charge in [-0.25, -0.2) is 4.79 Å². The van der Waals surface area contributed by atoms with Crippen LogP contribution in [0.5, 0.6) is 0 Å². The number of hydrogen-bond donors (Lipinski definition) is 2. The van der Waals surface area contributed by atoms with E-state index in [9.17, 15) is 14.4 Å². The topological polar surface area (TPSA) is 93.7 Å². The minimum absolute atomic E-state index is 0.00163. The zero-order valence-corrected chi connectivity index (χ0v) is 10.8. The van der Waals surface area contributed by atoms with E-state index in [4.69, 9.17) is 4.74 Å². The molecule has 0 atom stereocenters. The van der Waals surface area contributed by atoms with Crippen LogP contribution < -0.4 is 10.6 Å². The molecule has 104 valence electrons. The Hall–Kier alpha value is -1.63. The summed E-state index contributed by atoms with van der Waals surface area (Å²) in [6, 6.07) is 0. The van der Waals surface area contributed by atoms with Crippen LogP contribution >= 0.6 is 0 Å². The van der Waals surface area contributed by atoms with Crippen molar-refractivity contribution in [1.29, 1.82) is 0 Å². The van der Waals surface area contributed by atoms with E-state index in [-0.39, 0.29) is 19.1 Å². The van der Waals surface area contributed by atoms with E-state index in [2.05, 4.69) is 10.1 Å². The molecule has 0 aromatic heterocycles. The summed E-state index contributed by atoms with van der Waals surface area (Å²) in [6.07, 6.45) is 0.127. The van der Waals surface area contributed by atoms with Crippen molar-refractivity contribution < 1.29 is 23.9 Å². The predicted molar refractivity (Wildman–Crippen MR) is 63.9 cm³/mol. The van der Waals surface area contributed by atoms with Crippen molar-refractivity contribution in [2.75, 3.05) is 26.3 Å². The highest BCUT2D eigenvalue weighted by molar-refractivity contribution is 5.92. The predicted octanol–water partition coefficient (Wildman–Crippen LogP) is 0.192. The highest BCUT2D eigenvalue weighted by Crippen LogP contribution is 1.90. The quantitative estimate of drug-likeness (QED) is 0.478. The van der Waals surface area contributed by atoms with Crippen molar-refractivity contribution in [2.24, 2.45) is 0 Å². The molecule has 0 aliphatic heterocycles. The normalized spacial score (nSPS) is 9.67. The molecular weight excluding hydrogens is 240 g/mol. The third-order valence-electron chi connectivity index (χ3n) is 1.84. The monoisotopic (exact) mass is 260 g/mol. The Bertz CT molecular complexity index is 281. The number of rotatable bonds is 8. The fourth-order valence-corrected chi connectivity index (χ4v) is 1.12. The maximum atomic E-state index is 11.2. The largest absolute Gasteiger partial charge is 0.466 e. The summed E-state index contributed by atoms with van der Waals surface area (Å²) in [7, 11) is 0. The Morgan fingerprint density at radius 1 is 1.06 bits per heavy atom. The molecular formula is C11H20N2O5. The molecule has 0 rings (SSSR count). The highest BCUT2D eigenvalue weighted by atomic mass is 16.5. The van der Waals surface area contributed by atoms with Gasteiger partial charge < -0.3 is 14.8 Å². The number of alkyl carbamates (subject to hydrolysis) is 1. The highest BCUT2D eigenvalue weighted by Gasteiger charge is 2.07. The second-order valence-corrected chi connectivity index (χ2v) is 3.35. The molecule has 0 radical (unpaired) electrons. The van der Waals surface area contributed by atoms with Gasteiger partial charge in [0.15, 0.2) is 0 Å². The summed E-state index contributed by atoms with van der Waals surface area (Å²) < 4.78 is 9.28. The Morgan fingerprint density at radius 3 is 2.33 bits per heavy atom. The fraction of sp³-hybridized carbons (Fsp3) is 0.727. The average Bonchev–Trinajstić information content (AvgIpc) is 2.29. The van der Waals surface area contributed by atoms with Crippen LogP contribution in [-0.4, -0.2) is 44.3 Å². The van der Waals surface area contributed by atoms with Gasteiger partial charge in [0.05, 0.1) is 19.8 Å². The van der Waals surface area contributed by atoms with Crippen LogP contribution in [0.15, 0.2) is 0 Å². The van der Waals surface area contributed by atoms with E-state index in [1.807, 2.05) is 5.32 Å². The molecule has 0 aliphatic carbocycles. The Kier molecular flexibility index (Phi) is 9.57. The van der Waals surface area contributed by atoms with Gasteiger partial charge in [0.1, 0.15) is 0 Å². The number of hydrogen-bond acceptors (Lipinski definition) is 6. The smallest absolute Gasteiger partial charge is 0.413 e. The Labute approximate surface area is 106 Å². The van der Waals surface area contributed by atoms with Crippen molar-refractivity contribution in [3.8, 4) is 0 Å². The summed E-state index contributed by atoms with van der Waals surface area (Å²) in [5.74, 6) is -0.722. The number of ether oxygens (including phenoxy) is 2. The van der Waals surface area contributed by atoms with Gasteiger partial charge in [0, 0.05) is 6.42 Å². The first-order valence-electron chi connectivity index (χ1n) is 5.93. The van der Waals surface area contributed by atoms with E-state index < -0.39 is 12.0 Å². The third kappa shape index (κ3) is 9.59. The molecule has 2 amide bonds. The van der Waals surface area contributed by atoms with Crippen LogP contribution in [0.1, 0.15) is 26.7 Å². The van der Waals surface area contributed by atoms with Crippen molar-refractivity contribution in [2.45, 2.75) is 26.7 Å². The van der Waals surface area contributed by atoms with E-state index in [1.165, 1.54) is 0 Å². The molecule has 0 bridgehead atoms. The lowest BCUT2D eigenvalue weighted by Crippen LogP contribution is -2.38. The van der Waals surface area contributed by atoms with Crippen molar-refractivity contribution in [1.82, 2.24) is 10.6 Å². The summed E-state index contributed by atoms with van der Waals surface area (Å²) in [5, 5.41) is 4.85. The van der Waals surface area contributed by atoms with Gasteiger partial charge in [0.25, 0.3) is 0 Å². The first kappa shape index (κ1) is 16.4. The molecule has 18 heavy (non-hydrogen) atoms. The standard InChI is InChI=1S/C11H20N2O5/c1-3-17-10(15)6-5-7-12-8-9(14)13-11(16)18-4-2/h12H,3-8H2,1-2H3,(H,13,14,16). The summed E-state index contributed by atoms with van der Waals surface area (Å²) >= 11 is 0. The molecule has 0 heterocycles. The van der Waals surface area contributed by atoms with Crippen LogP contribution in [0.25, 0.3) is 0 Å². The zero-order valence-electron chi connectivity index (χ0n) is 10.8. The summed E-state index contributed by atoms with van der Waals surface area (Å²) in [4.78, 5) is 33.0. The number of imide groups is 1. The zero-order chi connectivity index (χ0) is 13.8. The van der Waals surface area contributed by atoms with Crippen molar-refractivity contribution in [3.05, 3.63) is 0 Å². The third-order valence-corrected chi connectivity index (χ3v) is 1.84. The van der Waals surface area contributed by atoms with Crippen molar-refractivity contribution in [3.63, 3.8) is 0 Å². The SMILES string of the molecule is CCOC(=O)CCCNCC(=O)NC(=O)OCC. The van der Waals surface area contributed by atoms with E-state index in [0.717, 1.165) is 0 Å². The lowest BCUT2D eigenvalue weighted by atomic mass is 10.3. The fourth-order valence-electron chi connectivity index (χ4n) is 1.12. The van der Waals surface area contributed by atoms with Crippen LogP contribution in [0.4, 0.5) is 4.79 Å². The van der Waals surface area contributed by atoms with Crippen LogP contribution in [0.2, 0.25) is 0 Å². The Balaban J connectivity index is 3.46. The van der Waals surface area contributed by atoms with E-state index in [0.29, 0.717) is 26.0 Å². The summed E-state index contributed by atoms with van der Waals surface area (Å²) in [5.41, 5.74) is 0. The molecule has 7 heteroatoms. The van der Waals surface area contributed by atoms with Gasteiger partial charge in [-0.15, -0.1) is 0 Å². The molecule has 0 fully saturated rings. The number of esters is 1. The maximum absolute atomic E-state index is 11.2. The molecule has 2 N–H and O–H groups in total. The second-order valence-electron chi connectivity index (χ2n) is 3.35. The van der Waals surface area contributed by atoms with Crippen LogP contribution in [-0.2, 0) is 19.1 Å². The molecule has 0 saturated carbocycles. The van der Waals surface area contributed by atoms with Gasteiger partial charge >= 0.3 is 12.1 Å². The molecule has 0 aromatic carbocycles.